The number of hydrogen-bond donors (Lipinski definition) is 1. The Kier molecular flexibility index (Phi) is 7.36. The lowest BCUT2D eigenvalue weighted by molar-refractivity contribution is 0.130. The SMILES string of the molecule is COc1cccc(-c2nc3ccc(-c4cc(C)ccc4C)cn3c2CN2CCN(C(=O)NC(C)(C)C)CC2)c1. The second-order valence-electron chi connectivity index (χ2n) is 11.5. The highest BCUT2D eigenvalue weighted by Crippen LogP contribution is 2.31. The minimum Gasteiger partial charge on any atom is -0.497 e. The van der Waals surface area contributed by atoms with E-state index in [1.54, 1.807) is 7.11 Å². The number of nitrogens with one attached hydrogen (secondary N) is 1. The van der Waals surface area contributed by atoms with Crippen molar-refractivity contribution < 1.29 is 9.53 Å². The summed E-state index contributed by atoms with van der Waals surface area (Å²) in [5.74, 6) is 0.810. The number of pyridine rings is 1. The van der Waals surface area contributed by atoms with Crippen LogP contribution in [0.5, 0.6) is 5.75 Å². The Balaban J connectivity index is 1.50. The van der Waals surface area contributed by atoms with Crippen LogP contribution in [0.4, 0.5) is 4.79 Å². The van der Waals surface area contributed by atoms with Gasteiger partial charge in [0.2, 0.25) is 0 Å². The summed E-state index contributed by atoms with van der Waals surface area (Å²) in [6.45, 7) is 14.1. The molecule has 3 heterocycles. The van der Waals surface area contributed by atoms with Crippen LogP contribution in [0, 0.1) is 13.8 Å². The highest BCUT2D eigenvalue weighted by molar-refractivity contribution is 5.75. The largest absolute Gasteiger partial charge is 0.497 e. The van der Waals surface area contributed by atoms with Crippen molar-refractivity contribution in [2.24, 2.45) is 0 Å². The van der Waals surface area contributed by atoms with Gasteiger partial charge in [-0.1, -0.05) is 35.9 Å². The predicted octanol–water partition coefficient (Wildman–Crippen LogP) is 5.92. The molecule has 7 nitrogen and oxygen atoms in total. The van der Waals surface area contributed by atoms with Gasteiger partial charge in [0.05, 0.1) is 18.5 Å². The monoisotopic (exact) mass is 525 g/mol. The van der Waals surface area contributed by atoms with Crippen LogP contribution in [0.25, 0.3) is 28.0 Å². The number of nitrogens with zero attached hydrogens (tertiary/aromatic N) is 4. The lowest BCUT2D eigenvalue weighted by Gasteiger charge is -2.36. The van der Waals surface area contributed by atoms with Gasteiger partial charge in [0.1, 0.15) is 11.4 Å². The highest BCUT2D eigenvalue weighted by atomic mass is 16.5. The molecule has 2 aromatic heterocycles. The molecule has 0 unspecified atom stereocenters. The van der Waals surface area contributed by atoms with Crippen LogP contribution >= 0.6 is 0 Å². The molecule has 0 spiro atoms. The number of imidazole rings is 1. The van der Waals surface area contributed by atoms with E-state index >= 15 is 0 Å². The van der Waals surface area contributed by atoms with Gasteiger partial charge in [-0.2, -0.15) is 0 Å². The Morgan fingerprint density at radius 1 is 0.974 bits per heavy atom. The molecule has 5 rings (SSSR count). The molecule has 1 aliphatic rings. The molecule has 0 radical (unpaired) electrons. The van der Waals surface area contributed by atoms with Crippen molar-refractivity contribution in [2.45, 2.75) is 46.7 Å². The first kappa shape index (κ1) is 26.8. The van der Waals surface area contributed by atoms with Crippen molar-refractivity contribution >= 4 is 11.7 Å². The van der Waals surface area contributed by atoms with Crippen LogP contribution in [0.1, 0.15) is 37.6 Å². The number of aryl methyl sites for hydroxylation is 2. The number of hydrogen-bond acceptors (Lipinski definition) is 4. The number of piperazine rings is 1. The number of fused-ring (bicyclic) bond motifs is 1. The number of carbonyl (C=O) groups excluding carboxylic acids is 1. The number of urea groups is 1. The van der Waals surface area contributed by atoms with Crippen LogP contribution in [0.3, 0.4) is 0 Å². The lowest BCUT2D eigenvalue weighted by atomic mass is 10.00. The molecule has 2 aromatic carbocycles. The molecular weight excluding hydrogens is 486 g/mol. The normalized spacial score (nSPS) is 14.6. The zero-order valence-corrected chi connectivity index (χ0v) is 23.9. The molecule has 1 N–H and O–H groups in total. The summed E-state index contributed by atoms with van der Waals surface area (Å²) in [6.07, 6.45) is 2.22. The van der Waals surface area contributed by atoms with E-state index in [1.807, 2.05) is 43.9 Å². The second-order valence-corrected chi connectivity index (χ2v) is 11.5. The first-order valence-corrected chi connectivity index (χ1v) is 13.6. The van der Waals surface area contributed by atoms with Gasteiger partial charge >= 0.3 is 6.03 Å². The van der Waals surface area contributed by atoms with Crippen LogP contribution < -0.4 is 10.1 Å². The van der Waals surface area contributed by atoms with Gasteiger partial charge in [-0.25, -0.2) is 9.78 Å². The lowest BCUT2D eigenvalue weighted by Crippen LogP contribution is -2.54. The number of carbonyl (C=O) groups is 1. The number of methoxy groups -OCH3 is 1. The molecule has 4 aromatic rings. The van der Waals surface area contributed by atoms with E-state index in [9.17, 15) is 4.79 Å². The van der Waals surface area contributed by atoms with Crippen LogP contribution in [-0.2, 0) is 6.54 Å². The standard InChI is InChI=1S/C32H39N5O2/c1-22-10-11-23(2)27(18-22)25-12-13-29-33-30(24-8-7-9-26(19-24)39-6)28(37(29)20-25)21-35-14-16-36(17-15-35)31(38)34-32(3,4)5/h7-13,18-20H,14-17,21H2,1-6H3,(H,34,38). The summed E-state index contributed by atoms with van der Waals surface area (Å²) in [6, 6.07) is 19.0. The van der Waals surface area contributed by atoms with E-state index in [1.165, 1.54) is 22.3 Å². The third-order valence-corrected chi connectivity index (χ3v) is 7.28. The Morgan fingerprint density at radius 2 is 1.74 bits per heavy atom. The maximum absolute atomic E-state index is 12.7. The minimum atomic E-state index is -0.246. The van der Waals surface area contributed by atoms with Gasteiger partial charge in [-0.3, -0.25) is 4.90 Å². The summed E-state index contributed by atoms with van der Waals surface area (Å²) in [4.78, 5) is 22.1. The number of benzene rings is 2. The number of amides is 2. The van der Waals surface area contributed by atoms with Gasteiger partial charge in [0.15, 0.2) is 0 Å². The van der Waals surface area contributed by atoms with E-state index in [0.29, 0.717) is 13.1 Å². The molecule has 0 saturated carbocycles. The summed E-state index contributed by atoms with van der Waals surface area (Å²) in [5, 5.41) is 3.09. The third-order valence-electron chi connectivity index (χ3n) is 7.28. The molecule has 0 aliphatic carbocycles. The van der Waals surface area contributed by atoms with Gasteiger partial charge in [0, 0.05) is 50.0 Å². The molecule has 7 heteroatoms. The van der Waals surface area contributed by atoms with Crippen LogP contribution in [0.15, 0.2) is 60.8 Å². The van der Waals surface area contributed by atoms with Crippen molar-refractivity contribution in [3.05, 3.63) is 77.6 Å². The van der Waals surface area contributed by atoms with Crippen molar-refractivity contribution in [3.8, 4) is 28.1 Å². The average Bonchev–Trinajstić information content (AvgIpc) is 3.27. The molecule has 1 aliphatic heterocycles. The fourth-order valence-corrected chi connectivity index (χ4v) is 5.17. The molecule has 2 amide bonds. The summed E-state index contributed by atoms with van der Waals surface area (Å²) < 4.78 is 7.76. The Hall–Kier alpha value is -3.84. The first-order chi connectivity index (χ1) is 18.6. The maximum Gasteiger partial charge on any atom is 0.317 e. The van der Waals surface area contributed by atoms with Crippen LogP contribution in [-0.4, -0.2) is 64.0 Å². The Labute approximate surface area is 231 Å². The smallest absolute Gasteiger partial charge is 0.317 e. The molecular formula is C32H39N5O2. The fourth-order valence-electron chi connectivity index (χ4n) is 5.17. The minimum absolute atomic E-state index is 0.00666. The van der Waals surface area contributed by atoms with Gasteiger partial charge < -0.3 is 19.4 Å². The maximum atomic E-state index is 12.7. The fraction of sp³-hybridized carbons (Fsp3) is 0.375. The molecule has 0 bridgehead atoms. The van der Waals surface area contributed by atoms with Crippen LogP contribution in [0.2, 0.25) is 0 Å². The zero-order valence-electron chi connectivity index (χ0n) is 23.9. The van der Waals surface area contributed by atoms with Gasteiger partial charge in [-0.05, 0) is 75.6 Å². The van der Waals surface area contributed by atoms with E-state index < -0.39 is 0 Å². The Morgan fingerprint density at radius 3 is 2.46 bits per heavy atom. The quantitative estimate of drug-likeness (QED) is 0.351. The van der Waals surface area contributed by atoms with Crippen molar-refractivity contribution in [1.82, 2.24) is 24.5 Å². The predicted molar refractivity (Wildman–Crippen MR) is 157 cm³/mol. The van der Waals surface area contributed by atoms with E-state index in [4.69, 9.17) is 9.72 Å². The molecule has 204 valence electrons. The summed E-state index contributed by atoms with van der Waals surface area (Å²) >= 11 is 0. The van der Waals surface area contributed by atoms with Gasteiger partial charge in [-0.15, -0.1) is 0 Å². The van der Waals surface area contributed by atoms with E-state index in [2.05, 4.69) is 71.1 Å². The van der Waals surface area contributed by atoms with Crippen molar-refractivity contribution in [3.63, 3.8) is 0 Å². The number of ether oxygens (including phenoxy) is 1. The van der Waals surface area contributed by atoms with Crippen molar-refractivity contribution in [2.75, 3.05) is 33.3 Å². The molecule has 1 fully saturated rings. The van der Waals surface area contributed by atoms with E-state index in [0.717, 1.165) is 48.0 Å². The summed E-state index contributed by atoms with van der Waals surface area (Å²) in [5.41, 5.74) is 8.69. The van der Waals surface area contributed by atoms with Gasteiger partial charge in [0.25, 0.3) is 0 Å². The molecule has 1 saturated heterocycles. The topological polar surface area (TPSA) is 62.1 Å². The second kappa shape index (κ2) is 10.7. The Bertz CT molecular complexity index is 1490. The first-order valence-electron chi connectivity index (χ1n) is 13.6. The van der Waals surface area contributed by atoms with E-state index in [-0.39, 0.29) is 11.6 Å². The number of aromatic nitrogens is 2. The molecule has 0 atom stereocenters. The average molecular weight is 526 g/mol. The number of rotatable bonds is 5. The van der Waals surface area contributed by atoms with Crippen molar-refractivity contribution in [1.29, 1.82) is 0 Å². The molecule has 39 heavy (non-hydrogen) atoms. The third kappa shape index (κ3) is 5.93. The highest BCUT2D eigenvalue weighted by Gasteiger charge is 2.26. The zero-order chi connectivity index (χ0) is 27.7. The summed E-state index contributed by atoms with van der Waals surface area (Å²) in [7, 11) is 1.69.